The third-order valence-corrected chi connectivity index (χ3v) is 4.71. The predicted molar refractivity (Wildman–Crippen MR) is 87.9 cm³/mol. The van der Waals surface area contributed by atoms with E-state index in [0.717, 1.165) is 12.8 Å². The number of halogens is 7. The molecule has 1 aromatic rings. The van der Waals surface area contributed by atoms with Crippen LogP contribution in [0.1, 0.15) is 38.2 Å². The first-order valence-corrected chi connectivity index (χ1v) is 8.87. The molecule has 1 aliphatic rings. The summed E-state index contributed by atoms with van der Waals surface area (Å²) in [5, 5.41) is 0. The van der Waals surface area contributed by atoms with Crippen LogP contribution in [0.2, 0.25) is 0 Å². The molecule has 0 N–H and O–H groups in total. The van der Waals surface area contributed by atoms with Gasteiger partial charge in [0.05, 0.1) is 6.61 Å². The van der Waals surface area contributed by atoms with Crippen LogP contribution < -0.4 is 4.74 Å². The zero-order chi connectivity index (χ0) is 20.9. The normalized spacial score (nSPS) is 22.0. The molecule has 1 unspecified atom stereocenters. The minimum absolute atomic E-state index is 0.197. The molecule has 0 aliphatic heterocycles. The van der Waals surface area contributed by atoms with Crippen molar-refractivity contribution in [1.82, 2.24) is 0 Å². The highest BCUT2D eigenvalue weighted by Gasteiger charge is 2.35. The number of alkyl halides is 5. The van der Waals surface area contributed by atoms with E-state index in [-0.39, 0.29) is 5.56 Å². The second-order valence-corrected chi connectivity index (χ2v) is 6.75. The standard InChI is InChI=1S/C19H21F7O2/c1-2-3-11-4-6-13(7-5-11)16(18(22)23)27-10-12-8-14(20)17(15(21)9-12)28-19(24,25)26/h2-3,8-9,11,13,16,18H,4-7,10H2,1H3/b3-2+. The van der Waals surface area contributed by atoms with Gasteiger partial charge in [-0.3, -0.25) is 0 Å². The van der Waals surface area contributed by atoms with Gasteiger partial charge in [-0.25, -0.2) is 17.6 Å². The van der Waals surface area contributed by atoms with Crippen molar-refractivity contribution in [1.29, 1.82) is 0 Å². The average molecular weight is 414 g/mol. The molecule has 1 atom stereocenters. The van der Waals surface area contributed by atoms with Crippen molar-refractivity contribution < 1.29 is 40.2 Å². The van der Waals surface area contributed by atoms with Crippen molar-refractivity contribution >= 4 is 0 Å². The van der Waals surface area contributed by atoms with Gasteiger partial charge in [0, 0.05) is 0 Å². The Balaban J connectivity index is 2.02. The van der Waals surface area contributed by atoms with Crippen LogP contribution in [0.4, 0.5) is 30.7 Å². The molecule has 2 nitrogen and oxygen atoms in total. The van der Waals surface area contributed by atoms with Gasteiger partial charge < -0.3 is 9.47 Å². The molecule has 28 heavy (non-hydrogen) atoms. The van der Waals surface area contributed by atoms with Crippen LogP contribution >= 0.6 is 0 Å². The summed E-state index contributed by atoms with van der Waals surface area (Å²) in [6, 6.07) is 1.16. The minimum Gasteiger partial charge on any atom is -0.399 e. The van der Waals surface area contributed by atoms with Crippen LogP contribution in [-0.4, -0.2) is 18.9 Å². The van der Waals surface area contributed by atoms with Crippen molar-refractivity contribution in [2.75, 3.05) is 0 Å². The number of allylic oxidation sites excluding steroid dienone is 2. The van der Waals surface area contributed by atoms with Crippen LogP contribution in [0.3, 0.4) is 0 Å². The lowest BCUT2D eigenvalue weighted by atomic mass is 9.79. The highest BCUT2D eigenvalue weighted by molar-refractivity contribution is 5.31. The van der Waals surface area contributed by atoms with Gasteiger partial charge in [-0.15, -0.1) is 13.2 Å². The first-order valence-electron chi connectivity index (χ1n) is 8.87. The third kappa shape index (κ3) is 6.39. The second kappa shape index (κ2) is 9.62. The zero-order valence-corrected chi connectivity index (χ0v) is 15.1. The number of hydrogen-bond donors (Lipinski definition) is 0. The molecule has 9 heteroatoms. The third-order valence-electron chi connectivity index (χ3n) is 4.71. The van der Waals surface area contributed by atoms with E-state index in [1.165, 1.54) is 0 Å². The zero-order valence-electron chi connectivity index (χ0n) is 15.1. The molecule has 0 saturated heterocycles. The molecule has 0 spiro atoms. The van der Waals surface area contributed by atoms with Gasteiger partial charge in [0.25, 0.3) is 6.43 Å². The first kappa shape index (κ1) is 22.5. The van der Waals surface area contributed by atoms with E-state index >= 15 is 0 Å². The lowest BCUT2D eigenvalue weighted by Crippen LogP contribution is -2.33. The van der Waals surface area contributed by atoms with Crippen LogP contribution in [0.25, 0.3) is 0 Å². The van der Waals surface area contributed by atoms with E-state index in [2.05, 4.69) is 4.74 Å². The van der Waals surface area contributed by atoms with Crippen molar-refractivity contribution in [2.24, 2.45) is 11.8 Å². The van der Waals surface area contributed by atoms with Crippen molar-refractivity contribution in [2.45, 2.75) is 58.1 Å². The van der Waals surface area contributed by atoms with Gasteiger partial charge in [-0.1, -0.05) is 12.2 Å². The molecule has 1 saturated carbocycles. The Kier molecular flexibility index (Phi) is 7.74. The fourth-order valence-electron chi connectivity index (χ4n) is 3.45. The largest absolute Gasteiger partial charge is 0.573 e. The highest BCUT2D eigenvalue weighted by Crippen LogP contribution is 2.35. The van der Waals surface area contributed by atoms with E-state index in [4.69, 9.17) is 4.74 Å². The second-order valence-electron chi connectivity index (χ2n) is 6.75. The van der Waals surface area contributed by atoms with E-state index in [9.17, 15) is 30.7 Å². The van der Waals surface area contributed by atoms with Gasteiger partial charge in [0.15, 0.2) is 11.6 Å². The van der Waals surface area contributed by atoms with Crippen molar-refractivity contribution in [3.05, 3.63) is 41.5 Å². The van der Waals surface area contributed by atoms with E-state index in [1.54, 1.807) is 0 Å². The Hall–Kier alpha value is -1.77. The number of ether oxygens (including phenoxy) is 2. The molecule has 1 aliphatic carbocycles. The fraction of sp³-hybridized carbons (Fsp3) is 0.579. The average Bonchev–Trinajstić information content (AvgIpc) is 2.59. The van der Waals surface area contributed by atoms with Crippen molar-refractivity contribution in [3.8, 4) is 5.75 Å². The molecule has 2 rings (SSSR count). The maximum atomic E-state index is 13.7. The molecular weight excluding hydrogens is 393 g/mol. The van der Waals surface area contributed by atoms with E-state index in [0.29, 0.717) is 30.9 Å². The van der Waals surface area contributed by atoms with Gasteiger partial charge in [-0.05, 0) is 62.1 Å². The van der Waals surface area contributed by atoms with Gasteiger partial charge >= 0.3 is 6.36 Å². The molecule has 1 fully saturated rings. The molecule has 158 valence electrons. The summed E-state index contributed by atoms with van der Waals surface area (Å²) in [5.74, 6) is -4.83. The topological polar surface area (TPSA) is 18.5 Å². The molecule has 1 aromatic carbocycles. The monoisotopic (exact) mass is 414 g/mol. The minimum atomic E-state index is -5.26. The summed E-state index contributed by atoms with van der Waals surface area (Å²) < 4.78 is 99.2. The fourth-order valence-corrected chi connectivity index (χ4v) is 3.45. The molecular formula is C19H21F7O2. The number of hydrogen-bond acceptors (Lipinski definition) is 2. The quantitative estimate of drug-likeness (QED) is 0.380. The summed E-state index contributed by atoms with van der Waals surface area (Å²) in [4.78, 5) is 0. The predicted octanol–water partition coefficient (Wildman–Crippen LogP) is 6.40. The Morgan fingerprint density at radius 1 is 1.07 bits per heavy atom. The molecule has 0 radical (unpaired) electrons. The maximum Gasteiger partial charge on any atom is 0.573 e. The first-order chi connectivity index (χ1) is 13.1. The number of benzene rings is 1. The van der Waals surface area contributed by atoms with E-state index < -0.39 is 48.8 Å². The smallest absolute Gasteiger partial charge is 0.399 e. The lowest BCUT2D eigenvalue weighted by molar-refractivity contribution is -0.276. The molecule has 0 heterocycles. The Bertz CT molecular complexity index is 642. The van der Waals surface area contributed by atoms with Crippen LogP contribution in [0.5, 0.6) is 5.75 Å². The summed E-state index contributed by atoms with van der Waals surface area (Å²) in [6.07, 6.45) is -2.95. The van der Waals surface area contributed by atoms with Crippen molar-refractivity contribution in [3.63, 3.8) is 0 Å². The maximum absolute atomic E-state index is 13.7. The summed E-state index contributed by atoms with van der Waals surface area (Å²) in [5.41, 5.74) is -0.197. The van der Waals surface area contributed by atoms with Gasteiger partial charge in [-0.2, -0.15) is 0 Å². The summed E-state index contributed by atoms with van der Waals surface area (Å²) in [6.45, 7) is 1.34. The van der Waals surface area contributed by atoms with Crippen LogP contribution in [0, 0.1) is 23.5 Å². The van der Waals surface area contributed by atoms with Crippen LogP contribution in [-0.2, 0) is 11.3 Å². The molecule has 0 amide bonds. The molecule has 0 aromatic heterocycles. The Morgan fingerprint density at radius 2 is 1.64 bits per heavy atom. The molecule has 0 bridgehead atoms. The summed E-state index contributed by atoms with van der Waals surface area (Å²) in [7, 11) is 0. The Morgan fingerprint density at radius 3 is 2.11 bits per heavy atom. The lowest BCUT2D eigenvalue weighted by Gasteiger charge is -2.32. The van der Waals surface area contributed by atoms with E-state index in [1.807, 2.05) is 19.1 Å². The highest BCUT2D eigenvalue weighted by atomic mass is 19.4. The Labute approximate surface area is 158 Å². The van der Waals surface area contributed by atoms with Crippen LogP contribution in [0.15, 0.2) is 24.3 Å². The number of rotatable bonds is 7. The summed E-state index contributed by atoms with van der Waals surface area (Å²) >= 11 is 0. The van der Waals surface area contributed by atoms with Gasteiger partial charge in [0.1, 0.15) is 6.10 Å². The SMILES string of the molecule is C/C=C/C1CCC(C(OCc2cc(F)c(OC(F)(F)F)c(F)c2)C(F)F)CC1. The van der Waals surface area contributed by atoms with Gasteiger partial charge in [0.2, 0.25) is 5.75 Å².